The first-order valence-corrected chi connectivity index (χ1v) is 11.6. The number of halogens is 1. The normalized spacial score (nSPS) is 10.9. The van der Waals surface area contributed by atoms with Crippen molar-refractivity contribution in [2.75, 3.05) is 11.1 Å². The van der Waals surface area contributed by atoms with Crippen molar-refractivity contribution in [2.45, 2.75) is 18.5 Å². The Hall–Kier alpha value is -2.90. The average molecular weight is 494 g/mol. The quantitative estimate of drug-likeness (QED) is 0.286. The molecule has 1 heterocycles. The number of carbonyl (C=O) groups is 1. The van der Waals surface area contributed by atoms with E-state index in [1.807, 2.05) is 66.7 Å². The second-order valence-electron chi connectivity index (χ2n) is 6.92. The number of amides is 1. The molecule has 1 N–H and O–H groups in total. The Bertz CT molecular complexity index is 1290. The van der Waals surface area contributed by atoms with Gasteiger partial charge in [-0.05, 0) is 60.5 Å². The summed E-state index contributed by atoms with van der Waals surface area (Å²) in [5, 5.41) is 3.90. The van der Waals surface area contributed by atoms with Crippen molar-refractivity contribution < 1.29 is 4.79 Å². The summed E-state index contributed by atoms with van der Waals surface area (Å²) in [7, 11) is 0. The molecule has 1 aromatic heterocycles. The van der Waals surface area contributed by atoms with Gasteiger partial charge in [-0.25, -0.2) is 4.98 Å². The SMILES string of the molecule is CCc1ccc(-n2c(SCC(=O)Nc3ccc(Br)cc3)nc3ccccc3c2=O)cc1. The van der Waals surface area contributed by atoms with E-state index < -0.39 is 0 Å². The molecule has 0 aliphatic heterocycles. The Kier molecular flexibility index (Phi) is 6.53. The van der Waals surface area contributed by atoms with E-state index in [0.29, 0.717) is 21.7 Å². The second kappa shape index (κ2) is 9.49. The lowest BCUT2D eigenvalue weighted by Crippen LogP contribution is -2.23. The molecule has 156 valence electrons. The highest BCUT2D eigenvalue weighted by atomic mass is 79.9. The van der Waals surface area contributed by atoms with E-state index in [2.05, 4.69) is 33.2 Å². The van der Waals surface area contributed by atoms with Crippen molar-refractivity contribution >= 4 is 50.2 Å². The zero-order chi connectivity index (χ0) is 21.8. The smallest absolute Gasteiger partial charge is 0.266 e. The zero-order valence-electron chi connectivity index (χ0n) is 16.8. The molecule has 0 unspecified atom stereocenters. The minimum absolute atomic E-state index is 0.133. The molecule has 4 rings (SSSR count). The van der Waals surface area contributed by atoms with Gasteiger partial charge in [0.2, 0.25) is 5.91 Å². The van der Waals surface area contributed by atoms with E-state index in [4.69, 9.17) is 0 Å². The van der Waals surface area contributed by atoms with Crippen LogP contribution in [0.1, 0.15) is 12.5 Å². The number of para-hydroxylation sites is 1. The number of aryl methyl sites for hydroxylation is 1. The zero-order valence-corrected chi connectivity index (χ0v) is 19.2. The Morgan fingerprint density at radius 2 is 1.74 bits per heavy atom. The Morgan fingerprint density at radius 1 is 1.03 bits per heavy atom. The van der Waals surface area contributed by atoms with Crippen LogP contribution in [0.3, 0.4) is 0 Å². The molecule has 0 aliphatic rings. The number of benzene rings is 3. The van der Waals surface area contributed by atoms with Crippen LogP contribution in [0.15, 0.2) is 87.2 Å². The second-order valence-corrected chi connectivity index (χ2v) is 8.77. The number of thioether (sulfide) groups is 1. The van der Waals surface area contributed by atoms with Gasteiger partial charge in [0, 0.05) is 10.2 Å². The molecule has 7 heteroatoms. The van der Waals surface area contributed by atoms with Crippen LogP contribution in [0.2, 0.25) is 0 Å². The van der Waals surface area contributed by atoms with Crippen LogP contribution in [0.4, 0.5) is 5.69 Å². The van der Waals surface area contributed by atoms with Gasteiger partial charge in [0.05, 0.1) is 22.3 Å². The standard InChI is InChI=1S/C24H20BrN3O2S/c1-2-16-7-13-19(14-8-16)28-23(30)20-5-3-4-6-21(20)27-24(28)31-15-22(29)26-18-11-9-17(25)10-12-18/h3-14H,2,15H2,1H3,(H,26,29). The van der Waals surface area contributed by atoms with Gasteiger partial charge in [-0.3, -0.25) is 14.2 Å². The first-order chi connectivity index (χ1) is 15.0. The molecule has 0 radical (unpaired) electrons. The predicted molar refractivity (Wildman–Crippen MR) is 130 cm³/mol. The number of rotatable bonds is 6. The van der Waals surface area contributed by atoms with Gasteiger partial charge in [-0.1, -0.05) is 58.9 Å². The lowest BCUT2D eigenvalue weighted by Gasteiger charge is -2.13. The molecule has 3 aromatic carbocycles. The summed E-state index contributed by atoms with van der Waals surface area (Å²) in [4.78, 5) is 30.5. The third-order valence-electron chi connectivity index (χ3n) is 4.81. The van der Waals surface area contributed by atoms with Gasteiger partial charge in [0.25, 0.3) is 5.56 Å². The molecule has 0 fully saturated rings. The summed E-state index contributed by atoms with van der Waals surface area (Å²) in [5.74, 6) is -0.0314. The molecule has 0 aliphatic carbocycles. The molecule has 0 saturated heterocycles. The molecule has 31 heavy (non-hydrogen) atoms. The lowest BCUT2D eigenvalue weighted by molar-refractivity contribution is -0.113. The van der Waals surface area contributed by atoms with Gasteiger partial charge in [0.1, 0.15) is 0 Å². The summed E-state index contributed by atoms with van der Waals surface area (Å²) < 4.78 is 2.53. The molecule has 4 aromatic rings. The number of aromatic nitrogens is 2. The number of hydrogen-bond acceptors (Lipinski definition) is 4. The van der Waals surface area contributed by atoms with Crippen molar-refractivity contribution in [3.05, 3.63) is 93.2 Å². The van der Waals surface area contributed by atoms with Gasteiger partial charge >= 0.3 is 0 Å². The predicted octanol–water partition coefficient (Wildman–Crippen LogP) is 5.44. The van der Waals surface area contributed by atoms with Crippen LogP contribution in [0.5, 0.6) is 0 Å². The number of anilines is 1. The third-order valence-corrected chi connectivity index (χ3v) is 6.28. The van der Waals surface area contributed by atoms with Gasteiger partial charge in [-0.15, -0.1) is 0 Å². The third kappa shape index (κ3) is 4.89. The monoisotopic (exact) mass is 493 g/mol. The minimum Gasteiger partial charge on any atom is -0.325 e. The van der Waals surface area contributed by atoms with Crippen LogP contribution in [-0.2, 0) is 11.2 Å². The number of hydrogen-bond donors (Lipinski definition) is 1. The van der Waals surface area contributed by atoms with E-state index in [0.717, 1.165) is 16.6 Å². The van der Waals surface area contributed by atoms with E-state index in [9.17, 15) is 9.59 Å². The van der Waals surface area contributed by atoms with E-state index >= 15 is 0 Å². The average Bonchev–Trinajstić information content (AvgIpc) is 2.79. The van der Waals surface area contributed by atoms with Crippen molar-refractivity contribution in [3.63, 3.8) is 0 Å². The van der Waals surface area contributed by atoms with Crippen molar-refractivity contribution in [1.29, 1.82) is 0 Å². The Balaban J connectivity index is 1.66. The lowest BCUT2D eigenvalue weighted by atomic mass is 10.1. The fourth-order valence-corrected chi connectivity index (χ4v) is 4.25. The van der Waals surface area contributed by atoms with Crippen LogP contribution in [0.25, 0.3) is 16.6 Å². The number of nitrogens with one attached hydrogen (secondary N) is 1. The van der Waals surface area contributed by atoms with Crippen molar-refractivity contribution in [2.24, 2.45) is 0 Å². The molecular formula is C24H20BrN3O2S. The van der Waals surface area contributed by atoms with Gasteiger partial charge in [-0.2, -0.15) is 0 Å². The number of nitrogens with zero attached hydrogens (tertiary/aromatic N) is 2. The largest absolute Gasteiger partial charge is 0.325 e. The molecule has 5 nitrogen and oxygen atoms in total. The fraction of sp³-hybridized carbons (Fsp3) is 0.125. The molecule has 0 atom stereocenters. The topological polar surface area (TPSA) is 64.0 Å². The summed E-state index contributed by atoms with van der Waals surface area (Å²) in [6.45, 7) is 2.09. The maximum absolute atomic E-state index is 13.3. The molecular weight excluding hydrogens is 474 g/mol. The van der Waals surface area contributed by atoms with Crippen molar-refractivity contribution in [1.82, 2.24) is 9.55 Å². The maximum atomic E-state index is 13.3. The van der Waals surface area contributed by atoms with Gasteiger partial charge < -0.3 is 5.32 Å². The van der Waals surface area contributed by atoms with Crippen LogP contribution < -0.4 is 10.9 Å². The molecule has 1 amide bonds. The van der Waals surface area contributed by atoms with Crippen molar-refractivity contribution in [3.8, 4) is 5.69 Å². The van der Waals surface area contributed by atoms with E-state index in [1.165, 1.54) is 17.3 Å². The van der Waals surface area contributed by atoms with Gasteiger partial charge in [0.15, 0.2) is 5.16 Å². The van der Waals surface area contributed by atoms with Crippen LogP contribution >= 0.6 is 27.7 Å². The first-order valence-electron chi connectivity index (χ1n) is 9.84. The highest BCUT2D eigenvalue weighted by molar-refractivity contribution is 9.10. The Labute approximate surface area is 192 Å². The van der Waals surface area contributed by atoms with E-state index in [1.54, 1.807) is 10.6 Å². The summed E-state index contributed by atoms with van der Waals surface area (Å²) >= 11 is 4.62. The summed E-state index contributed by atoms with van der Waals surface area (Å²) in [6.07, 6.45) is 0.920. The first kappa shape index (κ1) is 21.3. The fourth-order valence-electron chi connectivity index (χ4n) is 3.18. The summed E-state index contributed by atoms with van der Waals surface area (Å²) in [6, 6.07) is 22.5. The molecule has 0 spiro atoms. The van der Waals surface area contributed by atoms with Crippen LogP contribution in [0, 0.1) is 0 Å². The molecule has 0 bridgehead atoms. The number of carbonyl (C=O) groups excluding carboxylic acids is 1. The van der Waals surface area contributed by atoms with E-state index in [-0.39, 0.29) is 17.2 Å². The molecule has 0 saturated carbocycles. The maximum Gasteiger partial charge on any atom is 0.266 e. The Morgan fingerprint density at radius 3 is 2.45 bits per heavy atom. The van der Waals surface area contributed by atoms with Crippen LogP contribution in [-0.4, -0.2) is 21.2 Å². The minimum atomic E-state index is -0.164. The highest BCUT2D eigenvalue weighted by Gasteiger charge is 2.15. The number of fused-ring (bicyclic) bond motifs is 1. The summed E-state index contributed by atoms with van der Waals surface area (Å²) in [5.41, 5.74) is 3.10. The highest BCUT2D eigenvalue weighted by Crippen LogP contribution is 2.22.